The fourth-order valence-corrected chi connectivity index (χ4v) is 5.07. The second-order valence-electron chi connectivity index (χ2n) is 7.05. The fraction of sp³-hybridized carbons (Fsp3) is 0.381. The summed E-state index contributed by atoms with van der Waals surface area (Å²) in [5.41, 5.74) is 4.64. The number of fused-ring (bicyclic) bond motifs is 3. The number of nitrogens with one attached hydrogen (secondary N) is 2. The maximum Gasteiger partial charge on any atom is 0.269 e. The summed E-state index contributed by atoms with van der Waals surface area (Å²) in [6.45, 7) is 5.29. The summed E-state index contributed by atoms with van der Waals surface area (Å²) in [6, 6.07) is 9.23. The van der Waals surface area contributed by atoms with E-state index in [1.165, 1.54) is 23.1 Å². The number of carbonyl (C=O) groups is 2. The van der Waals surface area contributed by atoms with E-state index < -0.39 is 0 Å². The summed E-state index contributed by atoms with van der Waals surface area (Å²) in [7, 11) is 0. The van der Waals surface area contributed by atoms with E-state index in [2.05, 4.69) is 22.8 Å². The van der Waals surface area contributed by atoms with Crippen LogP contribution in [-0.2, 0) is 4.79 Å². The van der Waals surface area contributed by atoms with E-state index in [-0.39, 0.29) is 23.9 Å². The SMILES string of the molecule is CCCCN1C(=O)c2sccc2N2C(SCC(=O)Nc3ccc(OCC)cc3)=NNC12. The zero-order valence-corrected chi connectivity index (χ0v) is 19.1. The van der Waals surface area contributed by atoms with E-state index in [4.69, 9.17) is 4.74 Å². The highest BCUT2D eigenvalue weighted by molar-refractivity contribution is 8.14. The number of benzene rings is 1. The third-order valence-corrected chi connectivity index (χ3v) is 6.76. The normalized spacial score (nSPS) is 17.0. The number of nitrogens with zero attached hydrogens (tertiary/aromatic N) is 3. The molecule has 0 saturated carbocycles. The molecule has 10 heteroatoms. The molecule has 31 heavy (non-hydrogen) atoms. The Morgan fingerprint density at radius 2 is 2.10 bits per heavy atom. The van der Waals surface area contributed by atoms with Crippen molar-refractivity contribution < 1.29 is 14.3 Å². The van der Waals surface area contributed by atoms with Crippen molar-refractivity contribution in [3.8, 4) is 5.75 Å². The van der Waals surface area contributed by atoms with E-state index in [1.807, 2.05) is 52.4 Å². The Kier molecular flexibility index (Phi) is 6.67. The predicted molar refractivity (Wildman–Crippen MR) is 126 cm³/mol. The number of hydrazone groups is 1. The molecule has 0 aliphatic carbocycles. The molecular formula is C21H25N5O3S2. The van der Waals surface area contributed by atoms with E-state index in [0.29, 0.717) is 28.9 Å². The van der Waals surface area contributed by atoms with E-state index in [1.54, 1.807) is 0 Å². The number of carbonyl (C=O) groups excluding carboxylic acids is 2. The van der Waals surface area contributed by atoms with Crippen LogP contribution >= 0.6 is 23.1 Å². The van der Waals surface area contributed by atoms with Crippen molar-refractivity contribution in [3.63, 3.8) is 0 Å². The maximum atomic E-state index is 12.9. The molecule has 1 unspecified atom stereocenters. The zero-order valence-electron chi connectivity index (χ0n) is 17.5. The lowest BCUT2D eigenvalue weighted by Gasteiger charge is -2.39. The lowest BCUT2D eigenvalue weighted by atomic mass is 10.2. The largest absolute Gasteiger partial charge is 0.494 e. The van der Waals surface area contributed by atoms with Gasteiger partial charge in [0.25, 0.3) is 5.91 Å². The lowest BCUT2D eigenvalue weighted by Crippen LogP contribution is -2.58. The number of rotatable bonds is 8. The summed E-state index contributed by atoms with van der Waals surface area (Å²) in [5, 5.41) is 9.93. The van der Waals surface area contributed by atoms with Crippen molar-refractivity contribution in [3.05, 3.63) is 40.6 Å². The molecule has 0 radical (unpaired) electrons. The van der Waals surface area contributed by atoms with Gasteiger partial charge < -0.3 is 10.1 Å². The minimum Gasteiger partial charge on any atom is -0.494 e. The molecule has 1 aromatic heterocycles. The van der Waals surface area contributed by atoms with Gasteiger partial charge in [-0.3, -0.25) is 24.8 Å². The molecule has 1 atom stereocenters. The molecule has 3 heterocycles. The Morgan fingerprint density at radius 1 is 1.29 bits per heavy atom. The fourth-order valence-electron chi connectivity index (χ4n) is 3.45. The van der Waals surface area contributed by atoms with Crippen LogP contribution in [0.5, 0.6) is 5.75 Å². The van der Waals surface area contributed by atoms with Crippen molar-refractivity contribution in [1.29, 1.82) is 0 Å². The highest BCUT2D eigenvalue weighted by Crippen LogP contribution is 2.38. The first kappa shape index (κ1) is 21.5. The van der Waals surface area contributed by atoms with Gasteiger partial charge in [0.1, 0.15) is 10.6 Å². The zero-order chi connectivity index (χ0) is 21.8. The number of amidine groups is 1. The molecule has 2 aliphatic rings. The number of hydrogen-bond donors (Lipinski definition) is 2. The summed E-state index contributed by atoms with van der Waals surface area (Å²) in [6.07, 6.45) is 1.57. The van der Waals surface area contributed by atoms with Crippen molar-refractivity contribution in [2.75, 3.05) is 29.1 Å². The van der Waals surface area contributed by atoms with Crippen LogP contribution in [0.15, 0.2) is 40.8 Å². The van der Waals surface area contributed by atoms with Gasteiger partial charge in [-0.15, -0.1) is 11.3 Å². The Bertz CT molecular complexity index is 976. The van der Waals surface area contributed by atoms with Gasteiger partial charge in [-0.2, -0.15) is 5.10 Å². The average Bonchev–Trinajstić information content (AvgIpc) is 3.41. The highest BCUT2D eigenvalue weighted by atomic mass is 32.2. The van der Waals surface area contributed by atoms with Gasteiger partial charge in [-0.25, -0.2) is 0 Å². The Balaban J connectivity index is 1.40. The van der Waals surface area contributed by atoms with Crippen LogP contribution in [0, 0.1) is 0 Å². The van der Waals surface area contributed by atoms with Crippen LogP contribution < -0.4 is 20.4 Å². The molecule has 0 saturated heterocycles. The molecule has 164 valence electrons. The van der Waals surface area contributed by atoms with Gasteiger partial charge in [-0.05, 0) is 49.1 Å². The molecular weight excluding hydrogens is 434 g/mol. The van der Waals surface area contributed by atoms with Gasteiger partial charge in [0.15, 0.2) is 5.17 Å². The third-order valence-electron chi connectivity index (χ3n) is 4.91. The van der Waals surface area contributed by atoms with Crippen molar-refractivity contribution in [2.45, 2.75) is 33.0 Å². The second-order valence-corrected chi connectivity index (χ2v) is 8.91. The molecule has 2 N–H and O–H groups in total. The lowest BCUT2D eigenvalue weighted by molar-refractivity contribution is -0.113. The summed E-state index contributed by atoms with van der Waals surface area (Å²) >= 11 is 2.78. The molecule has 2 aromatic rings. The third kappa shape index (κ3) is 4.49. The van der Waals surface area contributed by atoms with Crippen molar-refractivity contribution in [1.82, 2.24) is 10.3 Å². The van der Waals surface area contributed by atoms with Gasteiger partial charge in [0.05, 0.1) is 18.0 Å². The number of thioether (sulfide) groups is 1. The van der Waals surface area contributed by atoms with E-state index >= 15 is 0 Å². The van der Waals surface area contributed by atoms with Crippen LogP contribution in [0.1, 0.15) is 36.4 Å². The monoisotopic (exact) mass is 459 g/mol. The van der Waals surface area contributed by atoms with E-state index in [9.17, 15) is 9.59 Å². The number of anilines is 2. The number of hydrogen-bond acceptors (Lipinski definition) is 8. The number of amides is 2. The molecule has 1 aromatic carbocycles. The predicted octanol–water partition coefficient (Wildman–Crippen LogP) is 3.74. The number of unbranched alkanes of at least 4 members (excludes halogenated alkanes) is 1. The minimum atomic E-state index is -0.349. The van der Waals surface area contributed by atoms with Crippen molar-refractivity contribution in [2.24, 2.45) is 5.10 Å². The Morgan fingerprint density at radius 3 is 2.84 bits per heavy atom. The molecule has 0 bridgehead atoms. The van der Waals surface area contributed by atoms with Crippen LogP contribution in [0.3, 0.4) is 0 Å². The molecule has 2 aliphatic heterocycles. The summed E-state index contributed by atoms with van der Waals surface area (Å²) in [4.78, 5) is 29.9. The topological polar surface area (TPSA) is 86.3 Å². The summed E-state index contributed by atoms with van der Waals surface area (Å²) < 4.78 is 5.42. The minimum absolute atomic E-state index is 0.0295. The smallest absolute Gasteiger partial charge is 0.269 e. The Hall–Kier alpha value is -2.72. The quantitative estimate of drug-likeness (QED) is 0.626. The van der Waals surface area contributed by atoms with Crippen LogP contribution in [0.4, 0.5) is 11.4 Å². The Labute approximate surface area is 189 Å². The standard InChI is InChI=1S/C21H25N5O3S2/c1-3-5-11-25-19(28)18-16(10-12-30-18)26-20(25)23-24-21(26)31-13-17(27)22-14-6-8-15(9-7-14)29-4-2/h6-10,12,20,23H,3-5,11,13H2,1-2H3,(H,22,27). The van der Waals surface area contributed by atoms with Gasteiger partial charge in [0.2, 0.25) is 12.2 Å². The average molecular weight is 460 g/mol. The summed E-state index contributed by atoms with van der Waals surface area (Å²) in [5.74, 6) is 0.883. The van der Waals surface area contributed by atoms with Crippen LogP contribution in [-0.4, -0.2) is 47.1 Å². The molecule has 4 rings (SSSR count). The first-order chi connectivity index (χ1) is 15.1. The molecule has 0 spiro atoms. The van der Waals surface area contributed by atoms with Crippen LogP contribution in [0.2, 0.25) is 0 Å². The molecule has 0 fully saturated rings. The van der Waals surface area contributed by atoms with E-state index in [0.717, 1.165) is 24.3 Å². The highest BCUT2D eigenvalue weighted by Gasteiger charge is 2.43. The first-order valence-electron chi connectivity index (χ1n) is 10.3. The van der Waals surface area contributed by atoms with Gasteiger partial charge >= 0.3 is 0 Å². The van der Waals surface area contributed by atoms with Gasteiger partial charge in [0, 0.05) is 12.2 Å². The molecule has 2 amide bonds. The maximum absolute atomic E-state index is 12.9. The second kappa shape index (κ2) is 9.61. The van der Waals surface area contributed by atoms with Crippen molar-refractivity contribution >= 4 is 51.5 Å². The van der Waals surface area contributed by atoms with Crippen LogP contribution in [0.25, 0.3) is 0 Å². The first-order valence-corrected chi connectivity index (χ1v) is 12.1. The molecule has 8 nitrogen and oxygen atoms in total. The van der Waals surface area contributed by atoms with Gasteiger partial charge in [-0.1, -0.05) is 25.1 Å². The number of ether oxygens (including phenoxy) is 1. The number of thiophene rings is 1.